The Kier molecular flexibility index (Phi) is 9.84. The fraction of sp³-hybridized carbons (Fsp3) is 0.650. The van der Waals surface area contributed by atoms with Gasteiger partial charge in [-0.05, 0) is 6.42 Å². The lowest BCUT2D eigenvalue weighted by atomic mass is 9.92. The summed E-state index contributed by atoms with van der Waals surface area (Å²) in [6.45, 7) is 5.65. The van der Waals surface area contributed by atoms with Crippen LogP contribution in [0.25, 0.3) is 0 Å². The molecule has 2 N–H and O–H groups in total. The Morgan fingerprint density at radius 2 is 1.74 bits per heavy atom. The maximum Gasteiger partial charge on any atom is 0.183 e. The van der Waals surface area contributed by atoms with Crippen LogP contribution in [0.1, 0.15) is 71.6 Å². The highest BCUT2D eigenvalue weighted by Gasteiger charge is 2.31. The molecule has 0 amide bonds. The molecule has 130 valence electrons. The number of halogens is 1. The maximum absolute atomic E-state index is 6.19. The fourth-order valence-electron chi connectivity index (χ4n) is 3.59. The molecule has 2 nitrogen and oxygen atoms in total. The third kappa shape index (κ3) is 6.09. The van der Waals surface area contributed by atoms with E-state index in [9.17, 15) is 0 Å². The van der Waals surface area contributed by atoms with Gasteiger partial charge in [-0.25, -0.2) is 4.58 Å². The summed E-state index contributed by atoms with van der Waals surface area (Å²) in [7, 11) is 0. The molecule has 0 saturated carbocycles. The van der Waals surface area contributed by atoms with E-state index in [1.165, 1.54) is 69.2 Å². The van der Waals surface area contributed by atoms with Crippen molar-refractivity contribution >= 4 is 5.71 Å². The van der Waals surface area contributed by atoms with Crippen molar-refractivity contribution in [3.8, 4) is 0 Å². The number of unbranched alkanes of at least 4 members (excludes halogenated alkanes) is 7. The van der Waals surface area contributed by atoms with Crippen molar-refractivity contribution in [1.82, 2.24) is 0 Å². The second-order valence-electron chi connectivity index (χ2n) is 6.71. The van der Waals surface area contributed by atoms with Gasteiger partial charge in [-0.2, -0.15) is 0 Å². The predicted octanol–water partition coefficient (Wildman–Crippen LogP) is 1.72. The third-order valence-electron chi connectivity index (χ3n) is 4.91. The van der Waals surface area contributed by atoms with Crippen LogP contribution in [0.2, 0.25) is 0 Å². The fourth-order valence-corrected chi connectivity index (χ4v) is 3.59. The molecule has 2 aliphatic rings. The molecular weight excluding hydrogens is 395 g/mol. The van der Waals surface area contributed by atoms with Crippen LogP contribution in [-0.4, -0.2) is 22.9 Å². The van der Waals surface area contributed by atoms with Crippen LogP contribution in [0.4, 0.5) is 0 Å². The Labute approximate surface area is 159 Å². The smallest absolute Gasteiger partial charge is 0.183 e. The van der Waals surface area contributed by atoms with E-state index in [1.807, 2.05) is 0 Å². The molecule has 1 aliphatic heterocycles. The molecule has 1 heterocycles. The Hall–Kier alpha value is -0.580. The van der Waals surface area contributed by atoms with Gasteiger partial charge in [0, 0.05) is 37.1 Å². The predicted molar refractivity (Wildman–Crippen MR) is 96.3 cm³/mol. The minimum absolute atomic E-state index is 0. The van der Waals surface area contributed by atoms with Crippen molar-refractivity contribution in [3.05, 3.63) is 35.6 Å². The summed E-state index contributed by atoms with van der Waals surface area (Å²) in [5, 5.41) is 0. The second kappa shape index (κ2) is 11.1. The molecule has 1 atom stereocenters. The highest BCUT2D eigenvalue weighted by atomic mass is 127. The van der Waals surface area contributed by atoms with Crippen LogP contribution in [-0.2, 0) is 0 Å². The summed E-state index contributed by atoms with van der Waals surface area (Å²) in [5.74, 6) is 0. The van der Waals surface area contributed by atoms with Gasteiger partial charge in [0.15, 0.2) is 11.8 Å². The van der Waals surface area contributed by atoms with Crippen molar-refractivity contribution < 1.29 is 28.6 Å². The minimum atomic E-state index is 0. The number of rotatable bonds is 9. The minimum Gasteiger partial charge on any atom is -1.00 e. The number of allylic oxidation sites excluding steroid dienone is 3. The molecule has 0 bridgehead atoms. The van der Waals surface area contributed by atoms with Crippen LogP contribution < -0.4 is 29.7 Å². The SMILES string of the molecule is CCCCCCCCCC[N+]1=C(C)C=C(N)C2=CC=CCC21.[I-]. The van der Waals surface area contributed by atoms with E-state index in [0.717, 1.165) is 12.1 Å². The quantitative estimate of drug-likeness (QED) is 0.338. The lowest BCUT2D eigenvalue weighted by molar-refractivity contribution is -0.557. The summed E-state index contributed by atoms with van der Waals surface area (Å²) in [6.07, 6.45) is 20.9. The van der Waals surface area contributed by atoms with Crippen LogP contribution in [0.3, 0.4) is 0 Å². The summed E-state index contributed by atoms with van der Waals surface area (Å²) in [4.78, 5) is 0. The van der Waals surface area contributed by atoms with Crippen molar-refractivity contribution in [1.29, 1.82) is 0 Å². The van der Waals surface area contributed by atoms with Crippen LogP contribution in [0.5, 0.6) is 0 Å². The molecule has 0 spiro atoms. The van der Waals surface area contributed by atoms with E-state index in [4.69, 9.17) is 5.73 Å². The van der Waals surface area contributed by atoms with Crippen molar-refractivity contribution in [2.45, 2.75) is 77.7 Å². The van der Waals surface area contributed by atoms with Crippen molar-refractivity contribution in [3.63, 3.8) is 0 Å². The van der Waals surface area contributed by atoms with E-state index in [-0.39, 0.29) is 24.0 Å². The number of nitrogens with zero attached hydrogens (tertiary/aromatic N) is 1. The van der Waals surface area contributed by atoms with Crippen molar-refractivity contribution in [2.75, 3.05) is 6.54 Å². The summed E-state index contributed by atoms with van der Waals surface area (Å²) >= 11 is 0. The van der Waals surface area contributed by atoms with Gasteiger partial charge in [-0.1, -0.05) is 63.7 Å². The number of fused-ring (bicyclic) bond motifs is 1. The molecule has 0 fully saturated rings. The van der Waals surface area contributed by atoms with E-state index in [0.29, 0.717) is 6.04 Å². The first-order valence-electron chi connectivity index (χ1n) is 9.18. The Balaban J connectivity index is 0.00000264. The third-order valence-corrected chi connectivity index (χ3v) is 4.91. The van der Waals surface area contributed by atoms with Gasteiger partial charge in [-0.3, -0.25) is 0 Å². The van der Waals surface area contributed by atoms with Crippen molar-refractivity contribution in [2.24, 2.45) is 5.73 Å². The van der Waals surface area contributed by atoms with Crippen LogP contribution in [0, 0.1) is 0 Å². The molecule has 0 saturated heterocycles. The van der Waals surface area contributed by atoms with E-state index in [1.54, 1.807) is 0 Å². The molecule has 0 aromatic rings. The molecule has 0 aromatic heterocycles. The zero-order valence-electron chi connectivity index (χ0n) is 14.9. The molecular formula is C20H33IN2. The molecule has 0 radical (unpaired) electrons. The van der Waals surface area contributed by atoms with Gasteiger partial charge in [0.05, 0.1) is 0 Å². The first-order valence-corrected chi connectivity index (χ1v) is 9.18. The second-order valence-corrected chi connectivity index (χ2v) is 6.71. The average molecular weight is 428 g/mol. The molecule has 1 unspecified atom stereocenters. The summed E-state index contributed by atoms with van der Waals surface area (Å²) in [5.41, 5.74) is 9.79. The molecule has 1 aliphatic carbocycles. The van der Waals surface area contributed by atoms with Gasteiger partial charge in [0.2, 0.25) is 0 Å². The van der Waals surface area contributed by atoms with Crippen LogP contribution >= 0.6 is 0 Å². The van der Waals surface area contributed by atoms with Crippen LogP contribution in [0.15, 0.2) is 35.6 Å². The van der Waals surface area contributed by atoms with Gasteiger partial charge in [0.25, 0.3) is 0 Å². The van der Waals surface area contributed by atoms with Gasteiger partial charge < -0.3 is 29.7 Å². The topological polar surface area (TPSA) is 29.0 Å². The summed E-state index contributed by atoms with van der Waals surface area (Å²) in [6, 6.07) is 0.472. The lowest BCUT2D eigenvalue weighted by Crippen LogP contribution is -3.00. The zero-order chi connectivity index (χ0) is 15.8. The first kappa shape index (κ1) is 20.5. The normalized spacial score (nSPS) is 19.8. The molecule has 0 aromatic carbocycles. The van der Waals surface area contributed by atoms with Gasteiger partial charge >= 0.3 is 0 Å². The Morgan fingerprint density at radius 1 is 1.09 bits per heavy atom. The number of hydrogen-bond acceptors (Lipinski definition) is 1. The maximum atomic E-state index is 6.19. The zero-order valence-corrected chi connectivity index (χ0v) is 17.0. The Morgan fingerprint density at radius 3 is 2.43 bits per heavy atom. The molecule has 23 heavy (non-hydrogen) atoms. The largest absolute Gasteiger partial charge is 1.00 e. The summed E-state index contributed by atoms with van der Waals surface area (Å²) < 4.78 is 2.56. The van der Waals surface area contributed by atoms with Gasteiger partial charge in [-0.15, -0.1) is 0 Å². The standard InChI is InChI=1S/C20H32N2.HI/c1-3-4-5-6-7-8-9-12-15-22-17(2)16-19(21)18-13-10-11-14-20(18)22;/h10-11,13,16,20-21H,3-9,12,14-15H2,1-2H3;1H. The monoisotopic (exact) mass is 428 g/mol. The molecule has 2 rings (SSSR count). The average Bonchev–Trinajstić information content (AvgIpc) is 2.52. The highest BCUT2D eigenvalue weighted by Crippen LogP contribution is 2.25. The first-order chi connectivity index (χ1) is 10.7. The van der Waals surface area contributed by atoms with E-state index >= 15 is 0 Å². The number of hydrogen-bond donors (Lipinski definition) is 1. The van der Waals surface area contributed by atoms with E-state index < -0.39 is 0 Å². The van der Waals surface area contributed by atoms with Gasteiger partial charge in [0.1, 0.15) is 6.54 Å². The lowest BCUT2D eigenvalue weighted by Gasteiger charge is -2.25. The highest BCUT2D eigenvalue weighted by molar-refractivity contribution is 5.91. The van der Waals surface area contributed by atoms with E-state index in [2.05, 4.69) is 42.7 Å². The number of nitrogens with two attached hydrogens (primary N) is 1. The Bertz CT molecular complexity index is 486. The molecule has 3 heteroatoms.